The lowest BCUT2D eigenvalue weighted by atomic mass is 10.0. The molecule has 0 amide bonds. The first-order valence-electron chi connectivity index (χ1n) is 8.21. The van der Waals surface area contributed by atoms with E-state index in [-0.39, 0.29) is 12.0 Å². The number of hydrogen-bond donors (Lipinski definition) is 0. The van der Waals surface area contributed by atoms with Crippen LogP contribution in [0.5, 0.6) is 0 Å². The topological polar surface area (TPSA) is 31.2 Å². The van der Waals surface area contributed by atoms with Gasteiger partial charge in [-0.15, -0.1) is 0 Å². The third kappa shape index (κ3) is 3.52. The molecular weight excluding hydrogens is 274 g/mol. The van der Waals surface area contributed by atoms with Gasteiger partial charge in [-0.2, -0.15) is 0 Å². The number of carbonyl (C=O) groups is 1. The Morgan fingerprint density at radius 3 is 2.50 bits per heavy atom. The Morgan fingerprint density at radius 1 is 1.18 bits per heavy atom. The Hall–Kier alpha value is -1.77. The van der Waals surface area contributed by atoms with Crippen molar-refractivity contribution in [1.82, 2.24) is 4.57 Å². The van der Waals surface area contributed by atoms with Crippen molar-refractivity contribution in [1.29, 1.82) is 0 Å². The minimum Gasteiger partial charge on any atom is -0.464 e. The van der Waals surface area contributed by atoms with Crippen LogP contribution < -0.4 is 0 Å². The van der Waals surface area contributed by atoms with Crippen molar-refractivity contribution in [2.24, 2.45) is 5.92 Å². The number of fused-ring (bicyclic) bond motifs is 1. The molecule has 22 heavy (non-hydrogen) atoms. The fraction of sp³-hybridized carbons (Fsp3) is 0.526. The largest absolute Gasteiger partial charge is 0.464 e. The van der Waals surface area contributed by atoms with Crippen molar-refractivity contribution in [2.75, 3.05) is 6.61 Å². The Morgan fingerprint density at radius 2 is 1.91 bits per heavy atom. The van der Waals surface area contributed by atoms with Gasteiger partial charge in [-0.05, 0) is 47.4 Å². The van der Waals surface area contributed by atoms with Crippen LogP contribution in [0.1, 0.15) is 58.6 Å². The summed E-state index contributed by atoms with van der Waals surface area (Å²) in [5.41, 5.74) is 2.42. The summed E-state index contributed by atoms with van der Waals surface area (Å²) in [6.07, 6.45) is 2.73. The lowest BCUT2D eigenvalue weighted by molar-refractivity contribution is -0.148. The van der Waals surface area contributed by atoms with E-state index >= 15 is 0 Å². The molecule has 1 atom stereocenters. The molecule has 120 valence electrons. The maximum absolute atomic E-state index is 12.4. The van der Waals surface area contributed by atoms with Crippen molar-refractivity contribution >= 4 is 16.9 Å². The highest BCUT2D eigenvalue weighted by Crippen LogP contribution is 2.26. The lowest BCUT2D eigenvalue weighted by Crippen LogP contribution is -2.22. The zero-order valence-electron chi connectivity index (χ0n) is 14.3. The number of aromatic nitrogens is 1. The number of esters is 1. The summed E-state index contributed by atoms with van der Waals surface area (Å²) in [5, 5.41) is 1.18. The standard InChI is InChI=1S/C19H27NO2/c1-6-17(19(21)22-12-13(2)3)20-10-9-16-11-15(14(4)5)7-8-18(16)20/h7-11,13-14,17H,6,12H2,1-5H3. The highest BCUT2D eigenvalue weighted by molar-refractivity contribution is 5.84. The summed E-state index contributed by atoms with van der Waals surface area (Å²) in [6.45, 7) is 11.0. The van der Waals surface area contributed by atoms with Crippen LogP contribution in [0, 0.1) is 5.92 Å². The number of nitrogens with zero attached hydrogens (tertiary/aromatic N) is 1. The van der Waals surface area contributed by atoms with Gasteiger partial charge in [0, 0.05) is 11.7 Å². The van der Waals surface area contributed by atoms with Gasteiger partial charge in [0.15, 0.2) is 0 Å². The van der Waals surface area contributed by atoms with Crippen LogP contribution in [0.4, 0.5) is 0 Å². The first-order valence-corrected chi connectivity index (χ1v) is 8.21. The smallest absolute Gasteiger partial charge is 0.329 e. The van der Waals surface area contributed by atoms with Crippen LogP contribution >= 0.6 is 0 Å². The first kappa shape index (κ1) is 16.6. The van der Waals surface area contributed by atoms with E-state index in [1.165, 1.54) is 10.9 Å². The molecule has 0 aliphatic rings. The van der Waals surface area contributed by atoms with Gasteiger partial charge in [0.25, 0.3) is 0 Å². The molecule has 0 N–H and O–H groups in total. The van der Waals surface area contributed by atoms with Gasteiger partial charge in [-0.25, -0.2) is 4.79 Å². The molecule has 1 aromatic heterocycles. The van der Waals surface area contributed by atoms with Crippen LogP contribution in [0.25, 0.3) is 10.9 Å². The quantitative estimate of drug-likeness (QED) is 0.709. The number of rotatable bonds is 6. The number of carbonyl (C=O) groups excluding carboxylic acids is 1. The predicted octanol–water partition coefficient (Wildman–Crippen LogP) is 4.92. The Balaban J connectivity index is 2.29. The van der Waals surface area contributed by atoms with Crippen molar-refractivity contribution < 1.29 is 9.53 Å². The molecule has 1 unspecified atom stereocenters. The Labute approximate surface area is 133 Å². The molecule has 1 heterocycles. The van der Waals surface area contributed by atoms with Crippen LogP contribution in [-0.2, 0) is 9.53 Å². The molecule has 0 aliphatic heterocycles. The van der Waals surface area contributed by atoms with Crippen molar-refractivity contribution in [2.45, 2.75) is 53.0 Å². The van der Waals surface area contributed by atoms with Gasteiger partial charge in [0.2, 0.25) is 0 Å². The molecule has 0 radical (unpaired) electrons. The van der Waals surface area contributed by atoms with Crippen LogP contribution in [0.2, 0.25) is 0 Å². The lowest BCUT2D eigenvalue weighted by Gasteiger charge is -2.18. The second kappa shape index (κ2) is 6.99. The van der Waals surface area contributed by atoms with E-state index in [0.29, 0.717) is 18.4 Å². The van der Waals surface area contributed by atoms with E-state index in [9.17, 15) is 4.79 Å². The zero-order chi connectivity index (χ0) is 16.3. The molecule has 2 rings (SSSR count). The zero-order valence-corrected chi connectivity index (χ0v) is 14.3. The summed E-state index contributed by atoms with van der Waals surface area (Å²) in [5.74, 6) is 0.726. The molecule has 0 bridgehead atoms. The minimum atomic E-state index is -0.249. The highest BCUT2D eigenvalue weighted by Gasteiger charge is 2.21. The molecular formula is C19H27NO2. The van der Waals surface area contributed by atoms with Crippen LogP contribution in [0.15, 0.2) is 30.5 Å². The summed E-state index contributed by atoms with van der Waals surface area (Å²) in [7, 11) is 0. The molecule has 0 saturated heterocycles. The van der Waals surface area contributed by atoms with E-state index in [1.54, 1.807) is 0 Å². The van der Waals surface area contributed by atoms with E-state index in [2.05, 4.69) is 38.1 Å². The molecule has 0 spiro atoms. The van der Waals surface area contributed by atoms with Gasteiger partial charge >= 0.3 is 5.97 Å². The normalized spacial score (nSPS) is 13.0. The third-order valence-corrected chi connectivity index (χ3v) is 3.96. The van der Waals surface area contributed by atoms with Gasteiger partial charge in [0.1, 0.15) is 6.04 Å². The van der Waals surface area contributed by atoms with E-state index in [4.69, 9.17) is 4.74 Å². The van der Waals surface area contributed by atoms with Gasteiger partial charge in [0.05, 0.1) is 6.61 Å². The van der Waals surface area contributed by atoms with E-state index < -0.39 is 0 Å². The minimum absolute atomic E-state index is 0.137. The van der Waals surface area contributed by atoms with Crippen molar-refractivity contribution in [3.05, 3.63) is 36.0 Å². The van der Waals surface area contributed by atoms with Gasteiger partial charge in [-0.1, -0.05) is 40.7 Å². The molecule has 3 heteroatoms. The molecule has 2 aromatic rings. The molecule has 3 nitrogen and oxygen atoms in total. The maximum Gasteiger partial charge on any atom is 0.329 e. The van der Waals surface area contributed by atoms with Crippen molar-refractivity contribution in [3.63, 3.8) is 0 Å². The van der Waals surface area contributed by atoms with Gasteiger partial charge < -0.3 is 9.30 Å². The van der Waals surface area contributed by atoms with Gasteiger partial charge in [-0.3, -0.25) is 0 Å². The second-order valence-electron chi connectivity index (χ2n) is 6.64. The second-order valence-corrected chi connectivity index (χ2v) is 6.64. The SMILES string of the molecule is CCC(C(=O)OCC(C)C)n1ccc2cc(C(C)C)ccc21. The molecule has 0 aliphatic carbocycles. The van der Waals surface area contributed by atoms with Crippen LogP contribution in [-0.4, -0.2) is 17.1 Å². The average molecular weight is 301 g/mol. The fourth-order valence-electron chi connectivity index (χ4n) is 2.64. The fourth-order valence-corrected chi connectivity index (χ4v) is 2.64. The maximum atomic E-state index is 12.4. The Bertz CT molecular complexity index is 640. The monoisotopic (exact) mass is 301 g/mol. The predicted molar refractivity (Wildman–Crippen MR) is 91.2 cm³/mol. The molecule has 0 fully saturated rings. The van der Waals surface area contributed by atoms with E-state index in [0.717, 1.165) is 11.9 Å². The first-order chi connectivity index (χ1) is 10.4. The molecule has 0 saturated carbocycles. The molecule has 1 aromatic carbocycles. The number of benzene rings is 1. The Kier molecular flexibility index (Phi) is 5.28. The summed E-state index contributed by atoms with van der Waals surface area (Å²) >= 11 is 0. The third-order valence-electron chi connectivity index (χ3n) is 3.96. The van der Waals surface area contributed by atoms with Crippen LogP contribution in [0.3, 0.4) is 0 Å². The summed E-state index contributed by atoms with van der Waals surface area (Å²) < 4.78 is 7.48. The highest BCUT2D eigenvalue weighted by atomic mass is 16.5. The summed E-state index contributed by atoms with van der Waals surface area (Å²) in [4.78, 5) is 12.4. The summed E-state index contributed by atoms with van der Waals surface area (Å²) in [6, 6.07) is 8.31. The average Bonchev–Trinajstić information content (AvgIpc) is 2.89. The number of hydrogen-bond acceptors (Lipinski definition) is 2. The van der Waals surface area contributed by atoms with Crippen molar-refractivity contribution in [3.8, 4) is 0 Å². The number of ether oxygens (including phenoxy) is 1. The van der Waals surface area contributed by atoms with E-state index in [1.807, 2.05) is 31.5 Å².